The van der Waals surface area contributed by atoms with Crippen molar-refractivity contribution >= 4 is 16.9 Å². The van der Waals surface area contributed by atoms with Crippen LogP contribution >= 0.6 is 11.3 Å². The van der Waals surface area contributed by atoms with E-state index in [1.807, 2.05) is 30.3 Å². The smallest absolute Gasteiger partial charge is 0.110 e. The zero-order chi connectivity index (χ0) is 14.9. The van der Waals surface area contributed by atoms with E-state index in [0.29, 0.717) is 5.92 Å². The number of hydrogen-bond donors (Lipinski definition) is 0. The molecular formula is C16H19N5S. The van der Waals surface area contributed by atoms with Crippen LogP contribution in [0.1, 0.15) is 35.2 Å². The normalized spacial score (nSPS) is 19.8. The van der Waals surface area contributed by atoms with Gasteiger partial charge < -0.3 is 0 Å². The van der Waals surface area contributed by atoms with Crippen molar-refractivity contribution in [1.29, 1.82) is 0 Å². The molecule has 3 aromatic rings. The molecule has 1 saturated heterocycles. The molecule has 0 bridgehead atoms. The van der Waals surface area contributed by atoms with E-state index in [9.17, 15) is 0 Å². The van der Waals surface area contributed by atoms with Gasteiger partial charge in [-0.05, 0) is 26.3 Å². The van der Waals surface area contributed by atoms with Gasteiger partial charge in [-0.15, -0.1) is 11.3 Å². The lowest BCUT2D eigenvalue weighted by molar-refractivity contribution is 0.199. The molecule has 1 atom stereocenters. The summed E-state index contributed by atoms with van der Waals surface area (Å²) >= 11 is 1.74. The molecule has 4 rings (SSSR count). The summed E-state index contributed by atoms with van der Waals surface area (Å²) in [5, 5.41) is 0. The maximum absolute atomic E-state index is 4.43. The van der Waals surface area contributed by atoms with Crippen molar-refractivity contribution in [2.24, 2.45) is 0 Å². The highest BCUT2D eigenvalue weighted by Gasteiger charge is 2.24. The van der Waals surface area contributed by atoms with Crippen molar-refractivity contribution in [1.82, 2.24) is 24.3 Å². The molecule has 0 amide bonds. The van der Waals surface area contributed by atoms with Crippen molar-refractivity contribution in [2.75, 3.05) is 13.1 Å². The predicted octanol–water partition coefficient (Wildman–Crippen LogP) is 2.87. The minimum absolute atomic E-state index is 0.519. The highest BCUT2D eigenvalue weighted by Crippen LogP contribution is 2.28. The molecular weight excluding hydrogens is 294 g/mol. The van der Waals surface area contributed by atoms with Gasteiger partial charge in [-0.2, -0.15) is 0 Å². The number of thiazole rings is 1. The first-order valence-corrected chi connectivity index (χ1v) is 8.57. The molecule has 1 unspecified atom stereocenters. The molecule has 0 N–H and O–H groups in total. The van der Waals surface area contributed by atoms with Crippen molar-refractivity contribution in [3.63, 3.8) is 0 Å². The Labute approximate surface area is 133 Å². The summed E-state index contributed by atoms with van der Waals surface area (Å²) in [6.07, 6.45) is 10.2. The third kappa shape index (κ3) is 2.53. The van der Waals surface area contributed by atoms with Crippen LogP contribution in [0.2, 0.25) is 0 Å². The van der Waals surface area contributed by atoms with Crippen LogP contribution in [0.3, 0.4) is 0 Å². The maximum atomic E-state index is 4.43. The van der Waals surface area contributed by atoms with Gasteiger partial charge in [0.1, 0.15) is 5.82 Å². The molecule has 0 aliphatic carbocycles. The fourth-order valence-corrected chi connectivity index (χ4v) is 4.04. The summed E-state index contributed by atoms with van der Waals surface area (Å²) in [6, 6.07) is 0. The largest absolute Gasteiger partial charge is 0.298 e. The van der Waals surface area contributed by atoms with Crippen LogP contribution in [0.15, 0.2) is 30.3 Å². The van der Waals surface area contributed by atoms with Gasteiger partial charge in [-0.3, -0.25) is 19.3 Å². The van der Waals surface area contributed by atoms with Gasteiger partial charge in [0.05, 0.1) is 23.4 Å². The van der Waals surface area contributed by atoms with E-state index in [2.05, 4.69) is 31.2 Å². The summed E-state index contributed by atoms with van der Waals surface area (Å²) in [5.74, 6) is 1.57. The van der Waals surface area contributed by atoms with Gasteiger partial charge in [0.25, 0.3) is 0 Å². The van der Waals surface area contributed by atoms with E-state index in [0.717, 1.165) is 24.4 Å². The first-order valence-electron chi connectivity index (χ1n) is 7.69. The Hall–Kier alpha value is -1.79. The van der Waals surface area contributed by atoms with E-state index >= 15 is 0 Å². The van der Waals surface area contributed by atoms with Crippen LogP contribution in [0, 0.1) is 6.92 Å². The summed E-state index contributed by atoms with van der Waals surface area (Å²) in [5.41, 5.74) is 4.30. The Morgan fingerprint density at radius 2 is 2.18 bits per heavy atom. The minimum Gasteiger partial charge on any atom is -0.298 e. The fraction of sp³-hybridized carbons (Fsp3) is 0.438. The van der Waals surface area contributed by atoms with Crippen LogP contribution in [-0.2, 0) is 6.54 Å². The second-order valence-electron chi connectivity index (χ2n) is 5.94. The highest BCUT2D eigenvalue weighted by molar-refractivity contribution is 7.09. The molecule has 5 nitrogen and oxygen atoms in total. The van der Waals surface area contributed by atoms with Crippen molar-refractivity contribution in [2.45, 2.75) is 32.2 Å². The monoisotopic (exact) mass is 313 g/mol. The number of rotatable bonds is 3. The van der Waals surface area contributed by atoms with Gasteiger partial charge in [-0.1, -0.05) is 0 Å². The average molecular weight is 313 g/mol. The summed E-state index contributed by atoms with van der Waals surface area (Å²) < 4.78 is 2.26. The Bertz CT molecular complexity index is 764. The SMILES string of the molecule is Cc1ncc2cncc(C3CCCN(Cc4cncs4)C3)n12. The zero-order valence-corrected chi connectivity index (χ0v) is 13.5. The topological polar surface area (TPSA) is 46.3 Å². The molecule has 22 heavy (non-hydrogen) atoms. The lowest BCUT2D eigenvalue weighted by Crippen LogP contribution is -2.34. The molecule has 1 aliphatic rings. The molecule has 1 aliphatic heterocycles. The number of aryl methyl sites for hydroxylation is 1. The zero-order valence-electron chi connectivity index (χ0n) is 12.6. The molecule has 0 saturated carbocycles. The summed E-state index contributed by atoms with van der Waals surface area (Å²) in [6.45, 7) is 5.32. The Balaban J connectivity index is 1.60. The van der Waals surface area contributed by atoms with Gasteiger partial charge in [0.15, 0.2) is 0 Å². The van der Waals surface area contributed by atoms with Crippen molar-refractivity contribution in [3.05, 3.63) is 46.7 Å². The van der Waals surface area contributed by atoms with Gasteiger partial charge in [0.2, 0.25) is 0 Å². The van der Waals surface area contributed by atoms with Gasteiger partial charge >= 0.3 is 0 Å². The molecule has 3 aromatic heterocycles. The molecule has 6 heteroatoms. The lowest BCUT2D eigenvalue weighted by Gasteiger charge is -2.32. The number of aromatic nitrogens is 4. The highest BCUT2D eigenvalue weighted by atomic mass is 32.1. The number of hydrogen-bond acceptors (Lipinski definition) is 5. The molecule has 0 spiro atoms. The number of imidazole rings is 1. The van der Waals surface area contributed by atoms with E-state index in [1.165, 1.54) is 30.0 Å². The van der Waals surface area contributed by atoms with Gasteiger partial charge in [0, 0.05) is 42.0 Å². The summed E-state index contributed by atoms with van der Waals surface area (Å²) in [4.78, 5) is 16.9. The van der Waals surface area contributed by atoms with E-state index in [-0.39, 0.29) is 0 Å². The Morgan fingerprint density at radius 3 is 3.05 bits per heavy atom. The first kappa shape index (κ1) is 13.8. The second-order valence-corrected chi connectivity index (χ2v) is 6.91. The molecule has 1 fully saturated rings. The van der Waals surface area contributed by atoms with E-state index < -0.39 is 0 Å². The second kappa shape index (κ2) is 5.78. The van der Waals surface area contributed by atoms with Crippen LogP contribution in [0.25, 0.3) is 5.52 Å². The average Bonchev–Trinajstić information content (AvgIpc) is 3.18. The van der Waals surface area contributed by atoms with Crippen LogP contribution in [-0.4, -0.2) is 37.3 Å². The third-order valence-electron chi connectivity index (χ3n) is 4.42. The number of likely N-dealkylation sites (tertiary alicyclic amines) is 1. The quantitative estimate of drug-likeness (QED) is 0.746. The van der Waals surface area contributed by atoms with E-state index in [4.69, 9.17) is 0 Å². The Kier molecular flexibility index (Phi) is 3.63. The standard InChI is InChI=1S/C16H19N5S/c1-12-19-6-14-5-17-8-16(21(12)14)13-3-2-4-20(9-13)10-15-7-18-11-22-15/h5-8,11,13H,2-4,9-10H2,1H3. The lowest BCUT2D eigenvalue weighted by atomic mass is 9.94. The van der Waals surface area contributed by atoms with Crippen LogP contribution in [0.5, 0.6) is 0 Å². The van der Waals surface area contributed by atoms with E-state index in [1.54, 1.807) is 11.3 Å². The number of fused-ring (bicyclic) bond motifs is 1. The molecule has 114 valence electrons. The van der Waals surface area contributed by atoms with Crippen molar-refractivity contribution in [3.8, 4) is 0 Å². The number of piperidine rings is 1. The maximum Gasteiger partial charge on any atom is 0.110 e. The predicted molar refractivity (Wildman–Crippen MR) is 87.1 cm³/mol. The van der Waals surface area contributed by atoms with Gasteiger partial charge in [-0.25, -0.2) is 4.98 Å². The van der Waals surface area contributed by atoms with Crippen LogP contribution < -0.4 is 0 Å². The minimum atomic E-state index is 0.519. The molecule has 0 radical (unpaired) electrons. The number of nitrogens with zero attached hydrogens (tertiary/aromatic N) is 5. The molecule has 4 heterocycles. The van der Waals surface area contributed by atoms with Crippen molar-refractivity contribution < 1.29 is 0 Å². The van der Waals surface area contributed by atoms with Crippen LogP contribution in [0.4, 0.5) is 0 Å². The fourth-order valence-electron chi connectivity index (χ4n) is 3.41. The Morgan fingerprint density at radius 1 is 1.23 bits per heavy atom. The first-order chi connectivity index (χ1) is 10.8. The third-order valence-corrected chi connectivity index (χ3v) is 5.19. The summed E-state index contributed by atoms with van der Waals surface area (Å²) in [7, 11) is 0. The molecule has 0 aromatic carbocycles.